The molecule has 18 heavy (non-hydrogen) atoms. The van der Waals surface area contributed by atoms with E-state index in [1.54, 1.807) is 0 Å². The van der Waals surface area contributed by atoms with Crippen molar-refractivity contribution in [2.24, 2.45) is 5.41 Å². The molecule has 96 valence electrons. The molecule has 1 fully saturated rings. The number of rotatable bonds is 5. The van der Waals surface area contributed by atoms with Crippen LogP contribution < -0.4 is 5.32 Å². The van der Waals surface area contributed by atoms with E-state index in [4.69, 9.17) is 4.98 Å². The number of para-hydroxylation sites is 1. The average molecular weight is 260 g/mol. The molecule has 0 bridgehead atoms. The Hall–Kier alpha value is -0.930. The number of thiazole rings is 1. The maximum absolute atomic E-state index is 4.72. The maximum Gasteiger partial charge on any atom is 0.111 e. The molecular weight excluding hydrogens is 240 g/mol. The largest absolute Gasteiger partial charge is 0.308 e. The molecule has 2 aromatic rings. The molecule has 0 saturated heterocycles. The van der Waals surface area contributed by atoms with E-state index in [0.29, 0.717) is 11.5 Å². The molecule has 1 saturated carbocycles. The molecule has 1 aromatic carbocycles. The van der Waals surface area contributed by atoms with Crippen LogP contribution in [-0.2, 0) is 0 Å². The topological polar surface area (TPSA) is 24.9 Å². The molecule has 1 N–H and O–H groups in total. The molecule has 3 heteroatoms. The second kappa shape index (κ2) is 4.63. The summed E-state index contributed by atoms with van der Waals surface area (Å²) in [6, 6.07) is 8.75. The van der Waals surface area contributed by atoms with Gasteiger partial charge in [-0.15, -0.1) is 11.3 Å². The van der Waals surface area contributed by atoms with Gasteiger partial charge in [-0.05, 0) is 43.7 Å². The van der Waals surface area contributed by atoms with Crippen LogP contribution in [0.5, 0.6) is 0 Å². The Labute approximate surface area is 112 Å². The molecule has 1 heterocycles. The summed E-state index contributed by atoms with van der Waals surface area (Å²) < 4.78 is 1.29. The van der Waals surface area contributed by atoms with E-state index in [9.17, 15) is 0 Å². The molecule has 0 spiro atoms. The number of aromatic nitrogens is 1. The minimum absolute atomic E-state index is 0.367. The highest BCUT2D eigenvalue weighted by atomic mass is 32.1. The van der Waals surface area contributed by atoms with Crippen LogP contribution in [0.1, 0.15) is 44.2 Å². The summed E-state index contributed by atoms with van der Waals surface area (Å²) in [6.07, 6.45) is 4.08. The summed E-state index contributed by atoms with van der Waals surface area (Å²) >= 11 is 1.81. The van der Waals surface area contributed by atoms with Gasteiger partial charge in [0.15, 0.2) is 0 Å². The van der Waals surface area contributed by atoms with E-state index < -0.39 is 0 Å². The summed E-state index contributed by atoms with van der Waals surface area (Å²) in [5.74, 6) is 0. The van der Waals surface area contributed by atoms with Gasteiger partial charge < -0.3 is 5.32 Å². The van der Waals surface area contributed by atoms with Crippen LogP contribution in [0.4, 0.5) is 0 Å². The monoisotopic (exact) mass is 260 g/mol. The first-order valence-electron chi connectivity index (χ1n) is 6.81. The molecule has 0 aliphatic heterocycles. The fourth-order valence-electron chi connectivity index (χ4n) is 2.36. The van der Waals surface area contributed by atoms with Gasteiger partial charge in [0.25, 0.3) is 0 Å². The Bertz CT molecular complexity index is 509. The van der Waals surface area contributed by atoms with Crippen molar-refractivity contribution in [3.63, 3.8) is 0 Å². The normalized spacial score (nSPS) is 19.0. The summed E-state index contributed by atoms with van der Waals surface area (Å²) in [5.41, 5.74) is 1.73. The number of benzene rings is 1. The lowest BCUT2D eigenvalue weighted by Gasteiger charge is -2.17. The molecule has 3 rings (SSSR count). The van der Waals surface area contributed by atoms with Gasteiger partial charge in [-0.1, -0.05) is 19.1 Å². The molecule has 2 nitrogen and oxygen atoms in total. The van der Waals surface area contributed by atoms with Crippen LogP contribution in [0.25, 0.3) is 10.2 Å². The Morgan fingerprint density at radius 1 is 1.39 bits per heavy atom. The molecule has 1 atom stereocenters. The van der Waals surface area contributed by atoms with Gasteiger partial charge in [-0.3, -0.25) is 0 Å². The van der Waals surface area contributed by atoms with Gasteiger partial charge in [-0.2, -0.15) is 0 Å². The van der Waals surface area contributed by atoms with Crippen molar-refractivity contribution in [3.05, 3.63) is 29.3 Å². The predicted octanol–water partition coefficient (Wildman–Crippen LogP) is 4.14. The number of nitrogens with zero attached hydrogens (tertiary/aromatic N) is 1. The van der Waals surface area contributed by atoms with Crippen molar-refractivity contribution in [1.29, 1.82) is 0 Å². The second-order valence-electron chi connectivity index (χ2n) is 5.48. The minimum Gasteiger partial charge on any atom is -0.308 e. The highest BCUT2D eigenvalue weighted by Crippen LogP contribution is 2.48. The van der Waals surface area contributed by atoms with Crippen LogP contribution in [0.3, 0.4) is 0 Å². The Balaban J connectivity index is 1.69. The van der Waals surface area contributed by atoms with Crippen LogP contribution in [0.2, 0.25) is 0 Å². The van der Waals surface area contributed by atoms with Crippen molar-refractivity contribution in [2.45, 2.75) is 39.2 Å². The van der Waals surface area contributed by atoms with Crippen LogP contribution in [0.15, 0.2) is 24.3 Å². The second-order valence-corrected chi connectivity index (χ2v) is 6.54. The van der Waals surface area contributed by atoms with Gasteiger partial charge in [-0.25, -0.2) is 4.98 Å². The molecule has 0 amide bonds. The molecule has 1 unspecified atom stereocenters. The van der Waals surface area contributed by atoms with E-state index in [-0.39, 0.29) is 0 Å². The molecule has 1 aliphatic carbocycles. The SMILES string of the molecule is CCC1(CNC(C)c2nc3ccccc3s2)CC1. The molecule has 0 radical (unpaired) electrons. The summed E-state index contributed by atoms with van der Waals surface area (Å²) in [5, 5.41) is 4.87. The number of nitrogens with one attached hydrogen (secondary N) is 1. The zero-order chi connectivity index (χ0) is 12.6. The third kappa shape index (κ3) is 2.29. The highest BCUT2D eigenvalue weighted by molar-refractivity contribution is 7.18. The van der Waals surface area contributed by atoms with E-state index in [2.05, 4.69) is 43.4 Å². The smallest absolute Gasteiger partial charge is 0.111 e. The molecular formula is C15H20N2S. The Kier molecular flexibility index (Phi) is 3.12. The fraction of sp³-hybridized carbons (Fsp3) is 0.533. The first-order chi connectivity index (χ1) is 8.72. The number of hydrogen-bond donors (Lipinski definition) is 1. The summed E-state index contributed by atoms with van der Waals surface area (Å²) in [6.45, 7) is 5.67. The lowest BCUT2D eigenvalue weighted by Crippen LogP contribution is -2.26. The van der Waals surface area contributed by atoms with E-state index in [1.807, 2.05) is 11.3 Å². The minimum atomic E-state index is 0.367. The standard InChI is InChI=1S/C15H20N2S/c1-3-15(8-9-15)10-16-11(2)14-17-12-6-4-5-7-13(12)18-14/h4-7,11,16H,3,8-10H2,1-2H3. The Morgan fingerprint density at radius 3 is 2.83 bits per heavy atom. The predicted molar refractivity (Wildman–Crippen MR) is 78.0 cm³/mol. The highest BCUT2D eigenvalue weighted by Gasteiger charge is 2.40. The summed E-state index contributed by atoms with van der Waals surface area (Å²) in [4.78, 5) is 4.72. The van der Waals surface area contributed by atoms with Crippen LogP contribution in [-0.4, -0.2) is 11.5 Å². The van der Waals surface area contributed by atoms with Crippen molar-refractivity contribution in [2.75, 3.05) is 6.54 Å². The first-order valence-corrected chi connectivity index (χ1v) is 7.63. The molecule has 1 aromatic heterocycles. The lowest BCUT2D eigenvalue weighted by molar-refractivity contribution is 0.415. The molecule has 1 aliphatic rings. The van der Waals surface area contributed by atoms with Gasteiger partial charge >= 0.3 is 0 Å². The first kappa shape index (κ1) is 12.1. The van der Waals surface area contributed by atoms with Crippen LogP contribution in [0, 0.1) is 5.41 Å². The van der Waals surface area contributed by atoms with E-state index in [1.165, 1.54) is 29.0 Å². The zero-order valence-corrected chi connectivity index (χ0v) is 11.9. The Morgan fingerprint density at radius 2 is 2.17 bits per heavy atom. The lowest BCUT2D eigenvalue weighted by atomic mass is 10.0. The third-order valence-corrected chi connectivity index (χ3v) is 5.39. The van der Waals surface area contributed by atoms with Crippen molar-refractivity contribution in [3.8, 4) is 0 Å². The fourth-order valence-corrected chi connectivity index (χ4v) is 3.36. The quantitative estimate of drug-likeness (QED) is 0.874. The van der Waals surface area contributed by atoms with Crippen molar-refractivity contribution in [1.82, 2.24) is 10.3 Å². The third-order valence-electron chi connectivity index (χ3n) is 4.17. The average Bonchev–Trinajstić information content (AvgIpc) is 3.05. The van der Waals surface area contributed by atoms with Crippen molar-refractivity contribution >= 4 is 21.6 Å². The number of hydrogen-bond acceptors (Lipinski definition) is 3. The van der Waals surface area contributed by atoms with E-state index >= 15 is 0 Å². The van der Waals surface area contributed by atoms with Gasteiger partial charge in [0.1, 0.15) is 5.01 Å². The summed E-state index contributed by atoms with van der Waals surface area (Å²) in [7, 11) is 0. The zero-order valence-electron chi connectivity index (χ0n) is 11.1. The van der Waals surface area contributed by atoms with Gasteiger partial charge in [0, 0.05) is 6.54 Å². The number of fused-ring (bicyclic) bond motifs is 1. The van der Waals surface area contributed by atoms with Crippen molar-refractivity contribution < 1.29 is 0 Å². The van der Waals surface area contributed by atoms with Gasteiger partial charge in [0.05, 0.1) is 16.3 Å². The van der Waals surface area contributed by atoms with E-state index in [0.717, 1.165) is 12.1 Å². The maximum atomic E-state index is 4.72. The van der Waals surface area contributed by atoms with Crippen LogP contribution >= 0.6 is 11.3 Å². The van der Waals surface area contributed by atoms with Gasteiger partial charge in [0.2, 0.25) is 0 Å².